The number of aryl methyl sites for hydroxylation is 2. The summed E-state index contributed by atoms with van der Waals surface area (Å²) in [5.74, 6) is -1.39. The van der Waals surface area contributed by atoms with Gasteiger partial charge in [-0.25, -0.2) is 14.4 Å². The van der Waals surface area contributed by atoms with Crippen LogP contribution in [0.3, 0.4) is 0 Å². The van der Waals surface area contributed by atoms with Crippen molar-refractivity contribution in [1.82, 2.24) is 9.55 Å². The molecule has 2 atom stereocenters. The molecule has 2 aromatic carbocycles. The number of rotatable bonds is 12. The summed E-state index contributed by atoms with van der Waals surface area (Å²) >= 11 is 0. The molecule has 1 aliphatic rings. The van der Waals surface area contributed by atoms with Crippen molar-refractivity contribution >= 4 is 26.1 Å². The lowest BCUT2D eigenvalue weighted by atomic mass is 9.91. The quantitative estimate of drug-likeness (QED) is 0.148. The fraction of sp³-hybridized carbons (Fsp3) is 0.471. The summed E-state index contributed by atoms with van der Waals surface area (Å²) in [5.41, 5.74) is 9.01. The van der Waals surface area contributed by atoms with E-state index in [4.69, 9.17) is 19.6 Å². The number of nitrogen functional groups attached to an aromatic ring is 1. The molecule has 2 unspecified atom stereocenters. The molecule has 1 aromatic heterocycles. The Morgan fingerprint density at radius 2 is 1.80 bits per heavy atom. The first kappa shape index (κ1) is 34.1. The lowest BCUT2D eigenvalue weighted by Gasteiger charge is -2.36. The first-order valence-electron chi connectivity index (χ1n) is 15.4. The third kappa shape index (κ3) is 8.47. The lowest BCUT2D eigenvalue weighted by molar-refractivity contribution is 0.00627. The number of carboxylic acid groups (broad SMARTS) is 1. The van der Waals surface area contributed by atoms with Crippen molar-refractivity contribution in [2.75, 3.05) is 25.6 Å². The van der Waals surface area contributed by atoms with Gasteiger partial charge in [-0.1, -0.05) is 44.5 Å². The highest BCUT2D eigenvalue weighted by atomic mass is 28.4. The summed E-state index contributed by atoms with van der Waals surface area (Å²) < 4.78 is 19.2. The second kappa shape index (κ2) is 14.1. The SMILES string of the molecule is Cc1ccc(C(=O)OCC2OCCC2Cc2ccc(C(=O)O)cc2-n2cc(CCCO[Si](C)(C)C(C)(C)C)c(N)nc2=O)cc1. The average Bonchev–Trinajstić information content (AvgIpc) is 3.41. The van der Waals surface area contributed by atoms with Crippen molar-refractivity contribution < 1.29 is 28.6 Å². The summed E-state index contributed by atoms with van der Waals surface area (Å²) in [4.78, 5) is 41.8. The Balaban J connectivity index is 1.53. The van der Waals surface area contributed by atoms with E-state index in [-0.39, 0.29) is 35.0 Å². The van der Waals surface area contributed by atoms with Crippen LogP contribution in [0.25, 0.3) is 5.69 Å². The van der Waals surface area contributed by atoms with Crippen LogP contribution in [0, 0.1) is 12.8 Å². The molecule has 11 heteroatoms. The smallest absolute Gasteiger partial charge is 0.354 e. The Labute approximate surface area is 265 Å². The van der Waals surface area contributed by atoms with Gasteiger partial charge in [-0.2, -0.15) is 4.98 Å². The molecule has 3 N–H and O–H groups in total. The van der Waals surface area contributed by atoms with E-state index in [1.165, 1.54) is 16.7 Å². The van der Waals surface area contributed by atoms with Crippen molar-refractivity contribution in [2.45, 2.75) is 77.6 Å². The second-order valence-electron chi connectivity index (χ2n) is 13.3. The van der Waals surface area contributed by atoms with E-state index in [0.717, 1.165) is 17.5 Å². The summed E-state index contributed by atoms with van der Waals surface area (Å²) in [6.45, 7) is 14.1. The molecule has 0 saturated carbocycles. The topological polar surface area (TPSA) is 143 Å². The number of benzene rings is 2. The van der Waals surface area contributed by atoms with Gasteiger partial charge in [0.1, 0.15) is 12.4 Å². The van der Waals surface area contributed by atoms with Crippen LogP contribution >= 0.6 is 0 Å². The van der Waals surface area contributed by atoms with Gasteiger partial charge in [-0.05, 0) is 86.5 Å². The summed E-state index contributed by atoms with van der Waals surface area (Å²) in [5, 5.41) is 9.83. The summed E-state index contributed by atoms with van der Waals surface area (Å²) in [6.07, 6.45) is 3.76. The van der Waals surface area contributed by atoms with Gasteiger partial charge in [0.15, 0.2) is 8.32 Å². The first-order chi connectivity index (χ1) is 21.2. The maximum absolute atomic E-state index is 13.2. The molecule has 1 aliphatic heterocycles. The monoisotopic (exact) mass is 635 g/mol. The molecule has 10 nitrogen and oxygen atoms in total. The fourth-order valence-corrected chi connectivity index (χ4v) is 6.18. The standard InChI is InChI=1S/C34H45N3O7Si/c1-22-9-11-23(12-10-22)32(40)43-21-29-25(15-17-42-29)18-24-13-14-26(31(38)39)19-28(24)37-20-27(30(35)36-33(37)41)8-7-16-44-45(5,6)34(2,3)4/h9-14,19-20,25,29H,7-8,15-18,21H2,1-6H3,(H,38,39)(H2,35,36,41). The van der Waals surface area contributed by atoms with E-state index in [1.54, 1.807) is 24.4 Å². The molecule has 0 radical (unpaired) electrons. The van der Waals surface area contributed by atoms with Gasteiger partial charge in [0.05, 0.1) is 22.9 Å². The third-order valence-corrected chi connectivity index (χ3v) is 13.5. The number of aromatic carboxylic acids is 1. The van der Waals surface area contributed by atoms with Crippen molar-refractivity contribution in [2.24, 2.45) is 5.92 Å². The molecule has 3 aromatic rings. The number of esters is 1. The number of aromatic nitrogens is 2. The molecule has 0 aliphatic carbocycles. The number of nitrogens with two attached hydrogens (primary N) is 1. The Hall–Kier alpha value is -3.80. The summed E-state index contributed by atoms with van der Waals surface area (Å²) in [7, 11) is -1.90. The van der Waals surface area contributed by atoms with Crippen LogP contribution in [0.15, 0.2) is 53.5 Å². The number of hydrogen-bond donors (Lipinski definition) is 2. The molecule has 0 spiro atoms. The van der Waals surface area contributed by atoms with E-state index < -0.39 is 25.9 Å². The first-order valence-corrected chi connectivity index (χ1v) is 18.3. The van der Waals surface area contributed by atoms with Gasteiger partial charge < -0.3 is 24.7 Å². The Bertz CT molecular complexity index is 1580. The molecule has 1 fully saturated rings. The van der Waals surface area contributed by atoms with Gasteiger partial charge in [0.2, 0.25) is 0 Å². The maximum atomic E-state index is 13.2. The molecule has 0 bridgehead atoms. The van der Waals surface area contributed by atoms with E-state index in [1.807, 2.05) is 19.1 Å². The predicted octanol–water partition coefficient (Wildman–Crippen LogP) is 5.58. The normalized spacial score (nSPS) is 16.9. The van der Waals surface area contributed by atoms with E-state index in [2.05, 4.69) is 38.8 Å². The highest BCUT2D eigenvalue weighted by Gasteiger charge is 2.37. The third-order valence-electron chi connectivity index (χ3n) is 8.98. The number of carbonyl (C=O) groups is 2. The van der Waals surface area contributed by atoms with Gasteiger partial charge in [-0.3, -0.25) is 4.57 Å². The van der Waals surface area contributed by atoms with E-state index in [0.29, 0.717) is 49.3 Å². The molecule has 4 rings (SSSR count). The van der Waals surface area contributed by atoms with E-state index >= 15 is 0 Å². The van der Waals surface area contributed by atoms with Gasteiger partial charge in [0.25, 0.3) is 0 Å². The Morgan fingerprint density at radius 1 is 1.11 bits per heavy atom. The minimum absolute atomic E-state index is 0.0188. The molecule has 242 valence electrons. The van der Waals surface area contributed by atoms with Crippen LogP contribution in [0.5, 0.6) is 0 Å². The van der Waals surface area contributed by atoms with Crippen LogP contribution in [0.1, 0.15) is 71.0 Å². The van der Waals surface area contributed by atoms with E-state index in [9.17, 15) is 19.5 Å². The fourth-order valence-electron chi connectivity index (χ4n) is 5.10. The Kier molecular flexibility index (Phi) is 10.7. The Morgan fingerprint density at radius 3 is 2.47 bits per heavy atom. The number of carboxylic acids is 1. The van der Waals surface area contributed by atoms with Gasteiger partial charge in [-0.15, -0.1) is 0 Å². The van der Waals surface area contributed by atoms with Crippen LogP contribution in [0.4, 0.5) is 5.82 Å². The summed E-state index contributed by atoms with van der Waals surface area (Å²) in [6, 6.07) is 11.9. The number of ether oxygens (including phenoxy) is 2. The van der Waals surface area contributed by atoms with Crippen LogP contribution in [-0.4, -0.2) is 60.8 Å². The second-order valence-corrected chi connectivity index (χ2v) is 18.1. The van der Waals surface area contributed by atoms with Crippen molar-refractivity contribution in [3.63, 3.8) is 0 Å². The zero-order chi connectivity index (χ0) is 32.9. The van der Waals surface area contributed by atoms with Crippen LogP contribution < -0.4 is 11.4 Å². The maximum Gasteiger partial charge on any atom is 0.354 e. The zero-order valence-corrected chi connectivity index (χ0v) is 28.1. The van der Waals surface area contributed by atoms with Crippen LogP contribution in [0.2, 0.25) is 18.1 Å². The minimum atomic E-state index is -1.90. The predicted molar refractivity (Wildman–Crippen MR) is 176 cm³/mol. The lowest BCUT2D eigenvalue weighted by Crippen LogP contribution is -2.41. The highest BCUT2D eigenvalue weighted by molar-refractivity contribution is 6.74. The van der Waals surface area contributed by atoms with Crippen molar-refractivity contribution in [3.8, 4) is 5.69 Å². The molecular weight excluding hydrogens is 590 g/mol. The van der Waals surface area contributed by atoms with Gasteiger partial charge in [0, 0.05) is 25.0 Å². The zero-order valence-electron chi connectivity index (χ0n) is 27.1. The molecular formula is C34H45N3O7Si. The largest absolute Gasteiger partial charge is 0.478 e. The number of carbonyl (C=O) groups excluding carboxylic acids is 1. The molecule has 1 saturated heterocycles. The number of nitrogens with zero attached hydrogens (tertiary/aromatic N) is 2. The van der Waals surface area contributed by atoms with Crippen molar-refractivity contribution in [1.29, 1.82) is 0 Å². The number of anilines is 1. The number of hydrogen-bond acceptors (Lipinski definition) is 8. The molecule has 2 heterocycles. The minimum Gasteiger partial charge on any atom is -0.478 e. The molecule has 0 amide bonds. The molecule has 45 heavy (non-hydrogen) atoms. The van der Waals surface area contributed by atoms with Gasteiger partial charge >= 0.3 is 17.6 Å². The highest BCUT2D eigenvalue weighted by Crippen LogP contribution is 2.36. The van der Waals surface area contributed by atoms with Crippen LogP contribution in [-0.2, 0) is 26.7 Å². The van der Waals surface area contributed by atoms with Crippen molar-refractivity contribution in [3.05, 3.63) is 87.0 Å². The average molecular weight is 636 g/mol.